The van der Waals surface area contributed by atoms with E-state index in [4.69, 9.17) is 0 Å². The van der Waals surface area contributed by atoms with Crippen molar-refractivity contribution >= 4 is 5.78 Å². The van der Waals surface area contributed by atoms with Gasteiger partial charge in [-0.3, -0.25) is 9.69 Å². The second-order valence-electron chi connectivity index (χ2n) is 5.42. The van der Waals surface area contributed by atoms with Gasteiger partial charge >= 0.3 is 0 Å². The summed E-state index contributed by atoms with van der Waals surface area (Å²) in [6.07, 6.45) is 9.58. The predicted molar refractivity (Wildman–Crippen MR) is 70.5 cm³/mol. The van der Waals surface area contributed by atoms with Crippen molar-refractivity contribution in [1.29, 1.82) is 0 Å². The number of likely N-dealkylation sites (tertiary alicyclic amines) is 1. The van der Waals surface area contributed by atoms with Gasteiger partial charge < -0.3 is 0 Å². The lowest BCUT2D eigenvalue weighted by Gasteiger charge is -2.36. The maximum absolute atomic E-state index is 12.6. The number of ketones is 1. The zero-order valence-electron chi connectivity index (χ0n) is 11.2. The second kappa shape index (κ2) is 5.57. The van der Waals surface area contributed by atoms with Crippen LogP contribution in [0.15, 0.2) is 18.7 Å². The molecule has 1 aliphatic rings. The summed E-state index contributed by atoms with van der Waals surface area (Å²) in [5, 5.41) is 0. The van der Waals surface area contributed by atoms with Crippen LogP contribution in [0.2, 0.25) is 0 Å². The fourth-order valence-corrected chi connectivity index (χ4v) is 2.54. The van der Waals surface area contributed by atoms with E-state index in [0.717, 1.165) is 13.1 Å². The van der Waals surface area contributed by atoms with E-state index >= 15 is 0 Å². The zero-order chi connectivity index (χ0) is 13.0. The van der Waals surface area contributed by atoms with Crippen molar-refractivity contribution < 1.29 is 4.79 Å². The first-order valence-corrected chi connectivity index (χ1v) is 6.67. The maximum Gasteiger partial charge on any atom is 0.185 e. The molecular weight excluding hydrogens is 226 g/mol. The summed E-state index contributed by atoms with van der Waals surface area (Å²) in [4.78, 5) is 22.7. The molecule has 0 saturated carbocycles. The molecule has 0 aliphatic carbocycles. The third-order valence-corrected chi connectivity index (χ3v) is 3.78. The molecule has 0 radical (unpaired) electrons. The number of rotatable bonds is 3. The maximum atomic E-state index is 12.6. The molecule has 4 nitrogen and oxygen atoms in total. The van der Waals surface area contributed by atoms with Crippen LogP contribution in [0, 0.1) is 0 Å². The molecule has 0 atom stereocenters. The molecule has 18 heavy (non-hydrogen) atoms. The number of hydrogen-bond acceptors (Lipinski definition) is 4. The van der Waals surface area contributed by atoms with Crippen molar-refractivity contribution in [1.82, 2.24) is 14.9 Å². The van der Waals surface area contributed by atoms with Crippen LogP contribution < -0.4 is 0 Å². The largest absolute Gasteiger partial charge is 0.292 e. The molecule has 0 bridgehead atoms. The van der Waals surface area contributed by atoms with E-state index in [-0.39, 0.29) is 5.78 Å². The van der Waals surface area contributed by atoms with Crippen LogP contribution in [-0.4, -0.2) is 39.3 Å². The molecule has 2 rings (SSSR count). The molecule has 0 N–H and O–H groups in total. The van der Waals surface area contributed by atoms with E-state index in [1.807, 2.05) is 13.8 Å². The SMILES string of the molecule is CC(C)(C(=O)c1cncnc1)N1CCCCCC1. The van der Waals surface area contributed by atoms with Crippen LogP contribution >= 0.6 is 0 Å². The Morgan fingerprint density at radius 3 is 2.22 bits per heavy atom. The quantitative estimate of drug-likeness (QED) is 0.769. The zero-order valence-corrected chi connectivity index (χ0v) is 11.2. The van der Waals surface area contributed by atoms with E-state index in [1.54, 1.807) is 12.4 Å². The first-order valence-electron chi connectivity index (χ1n) is 6.67. The van der Waals surface area contributed by atoms with Gasteiger partial charge in [0.15, 0.2) is 5.78 Å². The Morgan fingerprint density at radius 1 is 1.11 bits per heavy atom. The van der Waals surface area contributed by atoms with Crippen molar-refractivity contribution in [3.8, 4) is 0 Å². The normalized spacial score (nSPS) is 18.3. The van der Waals surface area contributed by atoms with Crippen molar-refractivity contribution in [2.24, 2.45) is 0 Å². The molecule has 0 amide bonds. The summed E-state index contributed by atoms with van der Waals surface area (Å²) in [6.45, 7) is 6.03. The topological polar surface area (TPSA) is 46.1 Å². The highest BCUT2D eigenvalue weighted by atomic mass is 16.1. The van der Waals surface area contributed by atoms with Gasteiger partial charge in [-0.05, 0) is 39.8 Å². The summed E-state index contributed by atoms with van der Waals surface area (Å²) < 4.78 is 0. The van der Waals surface area contributed by atoms with Crippen LogP contribution in [0.3, 0.4) is 0 Å². The van der Waals surface area contributed by atoms with Crippen molar-refractivity contribution in [2.45, 2.75) is 45.1 Å². The predicted octanol–water partition coefficient (Wildman–Crippen LogP) is 2.31. The molecule has 2 heterocycles. The lowest BCUT2D eigenvalue weighted by atomic mass is 9.92. The van der Waals surface area contributed by atoms with Crippen LogP contribution in [0.1, 0.15) is 49.9 Å². The van der Waals surface area contributed by atoms with E-state index in [9.17, 15) is 4.79 Å². The average Bonchev–Trinajstić information content (AvgIpc) is 2.68. The van der Waals surface area contributed by atoms with Crippen LogP contribution in [-0.2, 0) is 0 Å². The van der Waals surface area contributed by atoms with Gasteiger partial charge in [0.05, 0.1) is 11.1 Å². The third-order valence-electron chi connectivity index (χ3n) is 3.78. The van der Waals surface area contributed by atoms with Crippen LogP contribution in [0.4, 0.5) is 0 Å². The fraction of sp³-hybridized carbons (Fsp3) is 0.643. The van der Waals surface area contributed by atoms with Gasteiger partial charge in [0, 0.05) is 12.4 Å². The van der Waals surface area contributed by atoms with Gasteiger partial charge in [-0.1, -0.05) is 12.8 Å². The van der Waals surface area contributed by atoms with Gasteiger partial charge in [-0.2, -0.15) is 0 Å². The van der Waals surface area contributed by atoms with Gasteiger partial charge in [0.1, 0.15) is 6.33 Å². The standard InChI is InChI=1S/C14H21N3O/c1-14(2,17-7-5-3-4-6-8-17)13(18)12-9-15-11-16-10-12/h9-11H,3-8H2,1-2H3. The first-order chi connectivity index (χ1) is 8.62. The fourth-order valence-electron chi connectivity index (χ4n) is 2.54. The van der Waals surface area contributed by atoms with Crippen molar-refractivity contribution in [3.05, 3.63) is 24.3 Å². The highest BCUT2D eigenvalue weighted by Gasteiger charge is 2.35. The monoisotopic (exact) mass is 247 g/mol. The van der Waals surface area contributed by atoms with E-state index in [0.29, 0.717) is 5.56 Å². The number of nitrogens with zero attached hydrogens (tertiary/aromatic N) is 3. The first kappa shape index (κ1) is 13.1. The lowest BCUT2D eigenvalue weighted by molar-refractivity contribution is 0.0649. The number of aromatic nitrogens is 2. The smallest absolute Gasteiger partial charge is 0.185 e. The molecule has 0 unspecified atom stereocenters. The molecule has 98 valence electrons. The molecule has 1 aliphatic heterocycles. The molecule has 0 aromatic carbocycles. The number of Topliss-reactive ketones (excluding diaryl/α,β-unsaturated/α-hetero) is 1. The Bertz CT molecular complexity index is 395. The lowest BCUT2D eigenvalue weighted by Crippen LogP contribution is -2.50. The van der Waals surface area contributed by atoms with E-state index in [2.05, 4.69) is 14.9 Å². The van der Waals surface area contributed by atoms with Gasteiger partial charge in [0.25, 0.3) is 0 Å². The van der Waals surface area contributed by atoms with Crippen LogP contribution in [0.5, 0.6) is 0 Å². The summed E-state index contributed by atoms with van der Waals surface area (Å²) >= 11 is 0. The van der Waals surface area contributed by atoms with Crippen molar-refractivity contribution in [2.75, 3.05) is 13.1 Å². The van der Waals surface area contributed by atoms with Crippen LogP contribution in [0.25, 0.3) is 0 Å². The van der Waals surface area contributed by atoms with Crippen molar-refractivity contribution in [3.63, 3.8) is 0 Å². The van der Waals surface area contributed by atoms with Gasteiger partial charge in [-0.25, -0.2) is 9.97 Å². The Morgan fingerprint density at radius 2 is 1.67 bits per heavy atom. The second-order valence-corrected chi connectivity index (χ2v) is 5.42. The molecular formula is C14H21N3O. The highest BCUT2D eigenvalue weighted by Crippen LogP contribution is 2.23. The molecule has 1 saturated heterocycles. The highest BCUT2D eigenvalue weighted by molar-refractivity contribution is 6.02. The average molecular weight is 247 g/mol. The minimum absolute atomic E-state index is 0.116. The molecule has 0 spiro atoms. The minimum atomic E-state index is -0.463. The molecule has 1 aromatic heterocycles. The number of hydrogen-bond donors (Lipinski definition) is 0. The third kappa shape index (κ3) is 2.75. The Labute approximate surface area is 108 Å². The minimum Gasteiger partial charge on any atom is -0.292 e. The van der Waals surface area contributed by atoms with E-state index in [1.165, 1.54) is 32.0 Å². The Kier molecular flexibility index (Phi) is 4.07. The summed E-state index contributed by atoms with van der Waals surface area (Å²) in [6, 6.07) is 0. The number of carbonyl (C=O) groups excluding carboxylic acids is 1. The molecule has 1 aromatic rings. The summed E-state index contributed by atoms with van der Waals surface area (Å²) in [5.41, 5.74) is 0.140. The Hall–Kier alpha value is -1.29. The molecule has 1 fully saturated rings. The van der Waals surface area contributed by atoms with Gasteiger partial charge in [0.2, 0.25) is 0 Å². The number of carbonyl (C=O) groups is 1. The summed E-state index contributed by atoms with van der Waals surface area (Å²) in [5.74, 6) is 0.116. The molecule has 4 heteroatoms. The van der Waals surface area contributed by atoms with Gasteiger partial charge in [-0.15, -0.1) is 0 Å². The summed E-state index contributed by atoms with van der Waals surface area (Å²) in [7, 11) is 0. The Balaban J connectivity index is 2.16. The van der Waals surface area contributed by atoms with E-state index < -0.39 is 5.54 Å².